The van der Waals surface area contributed by atoms with Gasteiger partial charge in [-0.05, 0) is 13.8 Å². The average Bonchev–Trinajstić information content (AvgIpc) is 1.83. The Morgan fingerprint density at radius 1 is 1.62 bits per heavy atom. The van der Waals surface area contributed by atoms with Crippen molar-refractivity contribution in [3.8, 4) is 0 Å². The molecule has 0 aliphatic carbocycles. The minimum absolute atomic E-state index is 0.106. The molecule has 0 saturated heterocycles. The van der Waals surface area contributed by atoms with Crippen molar-refractivity contribution in [2.45, 2.75) is 20.0 Å². The van der Waals surface area contributed by atoms with Gasteiger partial charge in [-0.1, -0.05) is 0 Å². The van der Waals surface area contributed by atoms with Crippen molar-refractivity contribution >= 4 is 0 Å². The zero-order valence-corrected chi connectivity index (χ0v) is 5.68. The fraction of sp³-hybridized carbons (Fsp3) is 0.833. The number of rotatable bonds is 4. The molecule has 49 valence electrons. The van der Waals surface area contributed by atoms with E-state index in [9.17, 15) is 0 Å². The summed E-state index contributed by atoms with van der Waals surface area (Å²) in [4.78, 5) is 0. The molecule has 8 heavy (non-hydrogen) atoms. The number of hydrogen-bond acceptors (Lipinski definition) is 2. The summed E-state index contributed by atoms with van der Waals surface area (Å²) >= 11 is 0. The lowest BCUT2D eigenvalue weighted by Gasteiger charge is -2.06. The highest BCUT2D eigenvalue weighted by Gasteiger charge is 1.96. The molecule has 1 unspecified atom stereocenters. The van der Waals surface area contributed by atoms with Crippen molar-refractivity contribution < 1.29 is 9.47 Å². The van der Waals surface area contributed by atoms with Gasteiger partial charge in [0.05, 0.1) is 6.10 Å². The van der Waals surface area contributed by atoms with Crippen LogP contribution in [0.2, 0.25) is 0 Å². The van der Waals surface area contributed by atoms with Crippen molar-refractivity contribution in [1.29, 1.82) is 0 Å². The van der Waals surface area contributed by atoms with E-state index in [4.69, 9.17) is 9.47 Å². The molecule has 0 N–H and O–H groups in total. The van der Waals surface area contributed by atoms with Gasteiger partial charge in [-0.2, -0.15) is 0 Å². The van der Waals surface area contributed by atoms with Crippen LogP contribution in [0.25, 0.3) is 0 Å². The van der Waals surface area contributed by atoms with Crippen LogP contribution in [-0.2, 0) is 9.47 Å². The van der Waals surface area contributed by atoms with Gasteiger partial charge in [0, 0.05) is 13.7 Å². The summed E-state index contributed by atoms with van der Waals surface area (Å²) in [7, 11) is 1.65. The van der Waals surface area contributed by atoms with Gasteiger partial charge in [-0.15, -0.1) is 0 Å². The minimum atomic E-state index is 0.106. The molecule has 0 rings (SSSR count). The highest BCUT2D eigenvalue weighted by Crippen LogP contribution is 1.93. The van der Waals surface area contributed by atoms with Gasteiger partial charge >= 0.3 is 0 Å². The summed E-state index contributed by atoms with van der Waals surface area (Å²) in [5, 5.41) is 0. The quantitative estimate of drug-likeness (QED) is 0.551. The summed E-state index contributed by atoms with van der Waals surface area (Å²) in [5.74, 6) is 0. The van der Waals surface area contributed by atoms with Crippen LogP contribution in [0.5, 0.6) is 0 Å². The molecule has 0 saturated carbocycles. The Labute approximate surface area is 50.8 Å². The Kier molecular flexibility index (Phi) is 5.01. The van der Waals surface area contributed by atoms with Crippen LogP contribution in [0.15, 0.2) is 0 Å². The van der Waals surface area contributed by atoms with Gasteiger partial charge in [-0.25, -0.2) is 0 Å². The van der Waals surface area contributed by atoms with E-state index in [1.54, 1.807) is 13.7 Å². The Balaban J connectivity index is 2.86. The molecule has 0 aliphatic heterocycles. The Morgan fingerprint density at radius 3 is 2.62 bits per heavy atom. The van der Waals surface area contributed by atoms with E-state index < -0.39 is 0 Å². The highest BCUT2D eigenvalue weighted by atomic mass is 16.5. The fourth-order valence-electron chi connectivity index (χ4n) is 0.287. The van der Waals surface area contributed by atoms with Gasteiger partial charge in [0.1, 0.15) is 6.61 Å². The van der Waals surface area contributed by atoms with Crippen LogP contribution in [-0.4, -0.2) is 19.8 Å². The first-order valence-electron chi connectivity index (χ1n) is 2.79. The second-order valence-electron chi connectivity index (χ2n) is 1.53. The predicted octanol–water partition coefficient (Wildman–Crippen LogP) is 1.22. The van der Waals surface area contributed by atoms with E-state index in [0.29, 0.717) is 6.61 Å². The SMILES string of the molecule is CCO[CH]C(C)OC. The molecule has 1 radical (unpaired) electrons. The van der Waals surface area contributed by atoms with Crippen LogP contribution in [0.4, 0.5) is 0 Å². The Hall–Kier alpha value is -0.0800. The Bertz CT molecular complexity index is 45.8. The van der Waals surface area contributed by atoms with Gasteiger partial charge in [0.25, 0.3) is 0 Å². The molecule has 1 atom stereocenters. The zero-order chi connectivity index (χ0) is 6.41. The van der Waals surface area contributed by atoms with Crippen molar-refractivity contribution in [2.24, 2.45) is 0 Å². The van der Waals surface area contributed by atoms with Crippen LogP contribution < -0.4 is 0 Å². The lowest BCUT2D eigenvalue weighted by atomic mass is 10.4. The first-order valence-corrected chi connectivity index (χ1v) is 2.79. The van der Waals surface area contributed by atoms with E-state index in [2.05, 4.69) is 0 Å². The zero-order valence-electron chi connectivity index (χ0n) is 5.68. The molecule has 0 aromatic heterocycles. The summed E-state index contributed by atoms with van der Waals surface area (Å²) in [6.45, 7) is 6.27. The van der Waals surface area contributed by atoms with Crippen molar-refractivity contribution in [3.63, 3.8) is 0 Å². The van der Waals surface area contributed by atoms with E-state index >= 15 is 0 Å². The van der Waals surface area contributed by atoms with Crippen molar-refractivity contribution in [3.05, 3.63) is 6.61 Å². The molecule has 0 aromatic carbocycles. The molecule has 0 heterocycles. The second-order valence-corrected chi connectivity index (χ2v) is 1.53. The number of methoxy groups -OCH3 is 1. The van der Waals surface area contributed by atoms with Crippen LogP contribution in [0, 0.1) is 6.61 Å². The van der Waals surface area contributed by atoms with E-state index in [-0.39, 0.29) is 6.10 Å². The third-order valence-corrected chi connectivity index (χ3v) is 0.826. The largest absolute Gasteiger partial charge is 0.379 e. The van der Waals surface area contributed by atoms with Crippen molar-refractivity contribution in [2.75, 3.05) is 13.7 Å². The molecule has 0 bridgehead atoms. The van der Waals surface area contributed by atoms with E-state index in [1.165, 1.54) is 0 Å². The maximum atomic E-state index is 4.94. The van der Waals surface area contributed by atoms with E-state index in [1.807, 2.05) is 13.8 Å². The van der Waals surface area contributed by atoms with Crippen molar-refractivity contribution in [1.82, 2.24) is 0 Å². The normalized spacial score (nSPS) is 13.9. The first kappa shape index (κ1) is 7.92. The molecule has 0 aromatic rings. The fourth-order valence-corrected chi connectivity index (χ4v) is 0.287. The van der Waals surface area contributed by atoms with Gasteiger partial charge in [0.2, 0.25) is 0 Å². The van der Waals surface area contributed by atoms with Crippen LogP contribution in [0.1, 0.15) is 13.8 Å². The summed E-state index contributed by atoms with van der Waals surface area (Å²) in [6.07, 6.45) is 0.106. The molecule has 0 aliphatic rings. The average molecular weight is 117 g/mol. The number of ether oxygens (including phenoxy) is 2. The molecule has 0 spiro atoms. The third-order valence-electron chi connectivity index (χ3n) is 0.826. The topological polar surface area (TPSA) is 18.5 Å². The van der Waals surface area contributed by atoms with Crippen LogP contribution in [0.3, 0.4) is 0 Å². The highest BCUT2D eigenvalue weighted by molar-refractivity contribution is 4.58. The molecule has 2 nitrogen and oxygen atoms in total. The molecule has 2 heteroatoms. The molecular weight excluding hydrogens is 104 g/mol. The van der Waals surface area contributed by atoms with Gasteiger partial charge in [0.15, 0.2) is 0 Å². The summed E-state index contributed by atoms with van der Waals surface area (Å²) in [6, 6.07) is 0. The Morgan fingerprint density at radius 2 is 2.25 bits per heavy atom. The standard InChI is InChI=1S/C6H13O2/c1-4-8-5-6(2)7-3/h5-6H,4H2,1-3H3. The summed E-state index contributed by atoms with van der Waals surface area (Å²) < 4.78 is 9.81. The number of hydrogen-bond donors (Lipinski definition) is 0. The maximum Gasteiger partial charge on any atom is 0.112 e. The molecule has 0 amide bonds. The van der Waals surface area contributed by atoms with E-state index in [0.717, 1.165) is 0 Å². The van der Waals surface area contributed by atoms with Gasteiger partial charge in [-0.3, -0.25) is 0 Å². The second kappa shape index (κ2) is 5.06. The minimum Gasteiger partial charge on any atom is -0.379 e. The first-order chi connectivity index (χ1) is 3.81. The lowest BCUT2D eigenvalue weighted by molar-refractivity contribution is 0.0699. The summed E-state index contributed by atoms with van der Waals surface area (Å²) in [5.41, 5.74) is 0. The smallest absolute Gasteiger partial charge is 0.112 e. The molecule has 0 fully saturated rings. The maximum absolute atomic E-state index is 4.94. The molecular formula is C6H13O2. The van der Waals surface area contributed by atoms with Gasteiger partial charge < -0.3 is 9.47 Å². The van der Waals surface area contributed by atoms with Crippen LogP contribution >= 0.6 is 0 Å². The third kappa shape index (κ3) is 4.09. The monoisotopic (exact) mass is 117 g/mol. The lowest BCUT2D eigenvalue weighted by Crippen LogP contribution is -2.07. The predicted molar refractivity (Wildman–Crippen MR) is 32.4 cm³/mol.